The zero-order valence-corrected chi connectivity index (χ0v) is 13.8. The number of aromatic nitrogens is 2. The van der Waals surface area contributed by atoms with Crippen molar-refractivity contribution in [1.82, 2.24) is 9.55 Å². The van der Waals surface area contributed by atoms with Gasteiger partial charge >= 0.3 is 0 Å². The fourth-order valence-corrected chi connectivity index (χ4v) is 2.49. The first-order valence-corrected chi connectivity index (χ1v) is 7.76. The molecule has 0 radical (unpaired) electrons. The highest BCUT2D eigenvalue weighted by Crippen LogP contribution is 2.18. The number of nitrogens with one attached hydrogen (secondary N) is 1. The second-order valence-corrected chi connectivity index (χ2v) is 5.53. The topological polar surface area (TPSA) is 56.1 Å². The lowest BCUT2D eigenvalue weighted by Crippen LogP contribution is -2.23. The van der Waals surface area contributed by atoms with E-state index in [0.717, 1.165) is 17.0 Å². The van der Waals surface area contributed by atoms with Gasteiger partial charge in [0.15, 0.2) is 5.82 Å². The molecule has 1 N–H and O–H groups in total. The maximum absolute atomic E-state index is 12.6. The summed E-state index contributed by atoms with van der Waals surface area (Å²) in [6.07, 6.45) is 3.21. The van der Waals surface area contributed by atoms with Gasteiger partial charge in [-0.2, -0.15) is 0 Å². The van der Waals surface area contributed by atoms with E-state index in [2.05, 4.69) is 10.3 Å². The maximum atomic E-state index is 12.6. The fourth-order valence-electron chi connectivity index (χ4n) is 2.37. The summed E-state index contributed by atoms with van der Waals surface area (Å²) in [6.45, 7) is 0.441. The lowest BCUT2D eigenvalue weighted by Gasteiger charge is -2.11. The highest BCUT2D eigenvalue weighted by atomic mass is 35.5. The van der Waals surface area contributed by atoms with Gasteiger partial charge in [-0.05, 0) is 30.3 Å². The van der Waals surface area contributed by atoms with Gasteiger partial charge in [-0.1, -0.05) is 29.8 Å². The monoisotopic (exact) mass is 341 g/mol. The summed E-state index contributed by atoms with van der Waals surface area (Å²) >= 11 is 5.89. The molecule has 0 saturated carbocycles. The van der Waals surface area contributed by atoms with Crippen LogP contribution in [0.3, 0.4) is 0 Å². The third-order valence-corrected chi connectivity index (χ3v) is 3.84. The lowest BCUT2D eigenvalue weighted by molar-refractivity contribution is 0.410. The highest BCUT2D eigenvalue weighted by molar-refractivity contribution is 6.30. The van der Waals surface area contributed by atoms with E-state index in [1.54, 1.807) is 43.8 Å². The molecular weight excluding hydrogens is 326 g/mol. The molecule has 0 atom stereocenters. The van der Waals surface area contributed by atoms with Crippen LogP contribution in [-0.4, -0.2) is 16.7 Å². The molecule has 122 valence electrons. The normalized spacial score (nSPS) is 10.4. The van der Waals surface area contributed by atoms with E-state index in [9.17, 15) is 4.79 Å². The number of halogens is 1. The van der Waals surface area contributed by atoms with E-state index in [0.29, 0.717) is 11.6 Å². The summed E-state index contributed by atoms with van der Waals surface area (Å²) < 4.78 is 6.83. The molecule has 24 heavy (non-hydrogen) atoms. The van der Waals surface area contributed by atoms with Crippen molar-refractivity contribution < 1.29 is 4.74 Å². The number of anilines is 1. The number of hydrogen-bond acceptors (Lipinski definition) is 4. The van der Waals surface area contributed by atoms with Crippen LogP contribution in [0.2, 0.25) is 5.02 Å². The number of rotatable bonds is 5. The fraction of sp³-hybridized carbons (Fsp3) is 0.111. The summed E-state index contributed by atoms with van der Waals surface area (Å²) in [7, 11) is 1.62. The molecule has 0 fully saturated rings. The summed E-state index contributed by atoms with van der Waals surface area (Å²) in [6, 6.07) is 14.7. The molecule has 1 heterocycles. The van der Waals surface area contributed by atoms with Crippen molar-refractivity contribution >= 4 is 17.4 Å². The van der Waals surface area contributed by atoms with Crippen molar-refractivity contribution in [3.63, 3.8) is 0 Å². The molecule has 0 aliphatic carbocycles. The van der Waals surface area contributed by atoms with Crippen molar-refractivity contribution in [2.45, 2.75) is 6.54 Å². The molecule has 3 rings (SSSR count). The SMILES string of the molecule is COc1ccccc1CNc1nccn(-c2ccc(Cl)cc2)c1=O. The Hall–Kier alpha value is -2.79. The molecular formula is C18H16ClN3O2. The van der Waals surface area contributed by atoms with Crippen molar-refractivity contribution in [3.8, 4) is 11.4 Å². The Morgan fingerprint density at radius 3 is 2.67 bits per heavy atom. The van der Waals surface area contributed by atoms with Gasteiger partial charge in [0.05, 0.1) is 7.11 Å². The van der Waals surface area contributed by atoms with Crippen LogP contribution in [0.25, 0.3) is 5.69 Å². The molecule has 0 amide bonds. The van der Waals surface area contributed by atoms with Crippen molar-refractivity contribution in [3.05, 3.63) is 81.9 Å². The Bertz CT molecular complexity index is 891. The van der Waals surface area contributed by atoms with Crippen LogP contribution in [0.15, 0.2) is 65.7 Å². The van der Waals surface area contributed by atoms with Gasteiger partial charge in [0, 0.05) is 35.2 Å². The minimum absolute atomic E-state index is 0.227. The molecule has 5 nitrogen and oxygen atoms in total. The van der Waals surface area contributed by atoms with Crippen molar-refractivity contribution in [2.24, 2.45) is 0 Å². The van der Waals surface area contributed by atoms with Gasteiger partial charge in [0.25, 0.3) is 5.56 Å². The molecule has 0 unspecified atom stereocenters. The number of benzene rings is 2. The highest BCUT2D eigenvalue weighted by Gasteiger charge is 2.08. The van der Waals surface area contributed by atoms with Crippen molar-refractivity contribution in [1.29, 1.82) is 0 Å². The number of nitrogens with zero attached hydrogens (tertiary/aromatic N) is 2. The Labute approximate surface area is 144 Å². The average molecular weight is 342 g/mol. The second-order valence-electron chi connectivity index (χ2n) is 5.09. The third-order valence-electron chi connectivity index (χ3n) is 3.58. The van der Waals surface area contributed by atoms with Crippen LogP contribution >= 0.6 is 11.6 Å². The third kappa shape index (κ3) is 3.41. The molecule has 6 heteroatoms. The van der Waals surface area contributed by atoms with Crippen LogP contribution < -0.4 is 15.6 Å². The van der Waals surface area contributed by atoms with E-state index in [1.807, 2.05) is 24.3 Å². The van der Waals surface area contributed by atoms with E-state index >= 15 is 0 Å². The molecule has 3 aromatic rings. The smallest absolute Gasteiger partial charge is 0.297 e. The number of ether oxygens (including phenoxy) is 1. The second kappa shape index (κ2) is 7.19. The Morgan fingerprint density at radius 2 is 1.92 bits per heavy atom. The van der Waals surface area contributed by atoms with E-state index in [1.165, 1.54) is 4.57 Å². The van der Waals surface area contributed by atoms with Crippen LogP contribution in [0, 0.1) is 0 Å². The molecule has 0 saturated heterocycles. The van der Waals surface area contributed by atoms with Gasteiger partial charge < -0.3 is 10.1 Å². The average Bonchev–Trinajstić information content (AvgIpc) is 2.62. The minimum atomic E-state index is -0.227. The van der Waals surface area contributed by atoms with Crippen molar-refractivity contribution in [2.75, 3.05) is 12.4 Å². The first-order valence-electron chi connectivity index (χ1n) is 7.38. The molecule has 0 aliphatic rings. The first-order chi connectivity index (χ1) is 11.7. The Balaban J connectivity index is 1.86. The van der Waals surface area contributed by atoms with Crippen LogP contribution in [-0.2, 0) is 6.54 Å². The van der Waals surface area contributed by atoms with E-state index in [-0.39, 0.29) is 11.4 Å². The van der Waals surface area contributed by atoms with Gasteiger partial charge in [-0.15, -0.1) is 0 Å². The number of para-hydroxylation sites is 1. The van der Waals surface area contributed by atoms with E-state index < -0.39 is 0 Å². The predicted octanol–water partition coefficient (Wildman–Crippen LogP) is 3.51. The first kappa shape index (κ1) is 16.1. The van der Waals surface area contributed by atoms with Crippen LogP contribution in [0.1, 0.15) is 5.56 Å². The van der Waals surface area contributed by atoms with Gasteiger partial charge in [0.1, 0.15) is 5.75 Å². The zero-order valence-electron chi connectivity index (χ0n) is 13.1. The van der Waals surface area contributed by atoms with Gasteiger partial charge in [0.2, 0.25) is 0 Å². The predicted molar refractivity (Wildman–Crippen MR) is 95.2 cm³/mol. The number of hydrogen-bond donors (Lipinski definition) is 1. The van der Waals surface area contributed by atoms with Gasteiger partial charge in [-0.25, -0.2) is 4.98 Å². The lowest BCUT2D eigenvalue weighted by atomic mass is 10.2. The zero-order chi connectivity index (χ0) is 16.9. The standard InChI is InChI=1S/C18H16ClN3O2/c1-24-16-5-3-2-4-13(16)12-21-17-18(23)22(11-10-20-17)15-8-6-14(19)7-9-15/h2-11H,12H2,1H3,(H,20,21). The quantitative estimate of drug-likeness (QED) is 0.771. The van der Waals surface area contributed by atoms with Crippen LogP contribution in [0.5, 0.6) is 5.75 Å². The maximum Gasteiger partial charge on any atom is 0.297 e. The summed E-state index contributed by atoms with van der Waals surface area (Å²) in [4.78, 5) is 16.7. The summed E-state index contributed by atoms with van der Waals surface area (Å²) in [5.41, 5.74) is 1.45. The summed E-state index contributed by atoms with van der Waals surface area (Å²) in [5, 5.41) is 3.70. The molecule has 1 aromatic heterocycles. The largest absolute Gasteiger partial charge is 0.496 e. The molecule has 0 bridgehead atoms. The number of methoxy groups -OCH3 is 1. The molecule has 0 aliphatic heterocycles. The Morgan fingerprint density at radius 1 is 1.17 bits per heavy atom. The Kier molecular flexibility index (Phi) is 4.82. The van der Waals surface area contributed by atoms with E-state index in [4.69, 9.17) is 16.3 Å². The minimum Gasteiger partial charge on any atom is -0.496 e. The molecule has 2 aromatic carbocycles. The molecule has 0 spiro atoms. The van der Waals surface area contributed by atoms with Gasteiger partial charge in [-0.3, -0.25) is 9.36 Å². The van der Waals surface area contributed by atoms with Crippen LogP contribution in [0.4, 0.5) is 5.82 Å². The summed E-state index contributed by atoms with van der Waals surface area (Å²) in [5.74, 6) is 1.04.